The zero-order valence-corrected chi connectivity index (χ0v) is 13.1. The quantitative estimate of drug-likeness (QED) is 0.857. The van der Waals surface area contributed by atoms with Gasteiger partial charge in [0.1, 0.15) is 5.75 Å². The molecule has 0 atom stereocenters. The van der Waals surface area contributed by atoms with Crippen molar-refractivity contribution in [2.24, 2.45) is 0 Å². The molecule has 23 heavy (non-hydrogen) atoms. The highest BCUT2D eigenvalue weighted by Gasteiger charge is 2.12. The zero-order chi connectivity index (χ0) is 16.8. The number of ether oxygens (including phenoxy) is 1. The van der Waals surface area contributed by atoms with Gasteiger partial charge in [0.25, 0.3) is 0 Å². The van der Waals surface area contributed by atoms with Gasteiger partial charge in [-0.3, -0.25) is 4.79 Å². The fraction of sp³-hybridized carbons (Fsp3) is 0.222. The smallest absolute Gasteiger partial charge is 0.337 e. The van der Waals surface area contributed by atoms with E-state index in [-0.39, 0.29) is 24.5 Å². The highest BCUT2D eigenvalue weighted by molar-refractivity contribution is 6.00. The van der Waals surface area contributed by atoms with Crippen LogP contribution in [0.2, 0.25) is 0 Å². The van der Waals surface area contributed by atoms with Crippen LogP contribution in [0.3, 0.4) is 0 Å². The van der Waals surface area contributed by atoms with E-state index in [4.69, 9.17) is 4.74 Å². The lowest BCUT2D eigenvalue weighted by molar-refractivity contribution is -0.116. The molecule has 0 fully saturated rings. The van der Waals surface area contributed by atoms with Crippen LogP contribution >= 0.6 is 0 Å². The number of hydrogen-bond donors (Lipinski definition) is 2. The van der Waals surface area contributed by atoms with Crippen molar-refractivity contribution < 1.29 is 19.4 Å². The first kappa shape index (κ1) is 16.5. The monoisotopic (exact) mass is 313 g/mol. The summed E-state index contributed by atoms with van der Waals surface area (Å²) in [6.45, 7) is 4.01. The lowest BCUT2D eigenvalue weighted by atomic mass is 10.1. The van der Waals surface area contributed by atoms with E-state index < -0.39 is 5.97 Å². The van der Waals surface area contributed by atoms with Crippen LogP contribution in [0.4, 0.5) is 5.69 Å². The van der Waals surface area contributed by atoms with Crippen molar-refractivity contribution in [1.82, 2.24) is 0 Å². The number of carbonyl (C=O) groups is 2. The molecule has 0 radical (unpaired) electrons. The number of carboxylic acids is 1. The van der Waals surface area contributed by atoms with Crippen LogP contribution in [0, 0.1) is 13.8 Å². The van der Waals surface area contributed by atoms with Gasteiger partial charge in [-0.05, 0) is 38.1 Å². The molecule has 0 aliphatic heterocycles. The molecule has 120 valence electrons. The standard InChI is InChI=1S/C18H19NO4/c1-12-3-6-14(7-4-12)23-10-9-17(20)19-16-8-5-13(2)11-15(16)18(21)22/h3-8,11H,9-10H2,1-2H3,(H,19,20)(H,21,22). The second-order valence-corrected chi connectivity index (χ2v) is 5.31. The number of benzene rings is 2. The highest BCUT2D eigenvalue weighted by Crippen LogP contribution is 2.18. The van der Waals surface area contributed by atoms with E-state index in [9.17, 15) is 14.7 Å². The number of aryl methyl sites for hydroxylation is 2. The molecule has 0 aliphatic carbocycles. The third kappa shape index (κ3) is 4.85. The number of rotatable bonds is 6. The summed E-state index contributed by atoms with van der Waals surface area (Å²) in [6.07, 6.45) is 0.140. The van der Waals surface area contributed by atoms with Crippen molar-refractivity contribution in [3.63, 3.8) is 0 Å². The van der Waals surface area contributed by atoms with Gasteiger partial charge >= 0.3 is 5.97 Å². The summed E-state index contributed by atoms with van der Waals surface area (Å²) in [5, 5.41) is 11.8. The van der Waals surface area contributed by atoms with Crippen LogP contribution in [-0.2, 0) is 4.79 Å². The maximum atomic E-state index is 11.9. The number of amides is 1. The number of aromatic carboxylic acids is 1. The lowest BCUT2D eigenvalue weighted by Gasteiger charge is -2.10. The summed E-state index contributed by atoms with van der Waals surface area (Å²) in [5.41, 5.74) is 2.33. The molecule has 0 bridgehead atoms. The largest absolute Gasteiger partial charge is 0.493 e. The Morgan fingerprint density at radius 2 is 1.70 bits per heavy atom. The third-order valence-electron chi connectivity index (χ3n) is 3.30. The topological polar surface area (TPSA) is 75.6 Å². The van der Waals surface area contributed by atoms with Crippen LogP contribution in [0.1, 0.15) is 27.9 Å². The van der Waals surface area contributed by atoms with Gasteiger partial charge in [-0.1, -0.05) is 29.3 Å². The summed E-state index contributed by atoms with van der Waals surface area (Å²) in [5.74, 6) is -0.659. The van der Waals surface area contributed by atoms with Gasteiger partial charge in [-0.25, -0.2) is 4.79 Å². The van der Waals surface area contributed by atoms with Crippen LogP contribution < -0.4 is 10.1 Å². The molecule has 5 heteroatoms. The van der Waals surface area contributed by atoms with E-state index in [2.05, 4.69) is 5.32 Å². The van der Waals surface area contributed by atoms with Crippen LogP contribution in [0.5, 0.6) is 5.75 Å². The third-order valence-corrected chi connectivity index (χ3v) is 3.30. The second kappa shape index (κ2) is 7.45. The number of nitrogens with one attached hydrogen (secondary N) is 1. The molecule has 0 aliphatic rings. The van der Waals surface area contributed by atoms with E-state index >= 15 is 0 Å². The SMILES string of the molecule is Cc1ccc(OCCC(=O)Nc2ccc(C)cc2C(=O)O)cc1. The molecule has 0 saturated carbocycles. The first-order valence-electron chi connectivity index (χ1n) is 7.29. The fourth-order valence-electron chi connectivity index (χ4n) is 2.05. The Labute approximate surface area is 134 Å². The molecule has 0 unspecified atom stereocenters. The van der Waals surface area contributed by atoms with E-state index in [1.54, 1.807) is 19.1 Å². The van der Waals surface area contributed by atoms with Gasteiger partial charge in [0.05, 0.1) is 24.3 Å². The number of carboxylic acid groups (broad SMARTS) is 1. The lowest BCUT2D eigenvalue weighted by Crippen LogP contribution is -2.17. The summed E-state index contributed by atoms with van der Waals surface area (Å²) < 4.78 is 5.49. The van der Waals surface area contributed by atoms with E-state index in [0.29, 0.717) is 11.4 Å². The Hall–Kier alpha value is -2.82. The minimum absolute atomic E-state index is 0.0813. The van der Waals surface area contributed by atoms with Gasteiger partial charge < -0.3 is 15.2 Å². The van der Waals surface area contributed by atoms with Crippen molar-refractivity contribution in [3.8, 4) is 5.75 Å². The van der Waals surface area contributed by atoms with Gasteiger partial charge in [0, 0.05) is 0 Å². The predicted molar refractivity (Wildman–Crippen MR) is 88.1 cm³/mol. The minimum atomic E-state index is -1.07. The number of carbonyl (C=O) groups excluding carboxylic acids is 1. The normalized spacial score (nSPS) is 10.2. The molecule has 2 aromatic rings. The average molecular weight is 313 g/mol. The first-order chi connectivity index (χ1) is 11.0. The predicted octanol–water partition coefficient (Wildman–Crippen LogP) is 3.41. The summed E-state index contributed by atoms with van der Waals surface area (Å²) in [7, 11) is 0. The van der Waals surface area contributed by atoms with E-state index in [0.717, 1.165) is 11.1 Å². The molecule has 0 heterocycles. The number of anilines is 1. The Morgan fingerprint density at radius 3 is 2.35 bits per heavy atom. The van der Waals surface area contributed by atoms with Crippen molar-refractivity contribution in [2.75, 3.05) is 11.9 Å². The van der Waals surface area contributed by atoms with Crippen molar-refractivity contribution in [1.29, 1.82) is 0 Å². The highest BCUT2D eigenvalue weighted by atomic mass is 16.5. The molecule has 2 rings (SSSR count). The summed E-state index contributed by atoms with van der Waals surface area (Å²) >= 11 is 0. The maximum absolute atomic E-state index is 11.9. The van der Waals surface area contributed by atoms with E-state index in [1.807, 2.05) is 31.2 Å². The van der Waals surface area contributed by atoms with Crippen molar-refractivity contribution in [3.05, 3.63) is 59.2 Å². The molecular formula is C18H19NO4. The molecule has 2 N–H and O–H groups in total. The molecule has 5 nitrogen and oxygen atoms in total. The molecular weight excluding hydrogens is 294 g/mol. The van der Waals surface area contributed by atoms with Crippen molar-refractivity contribution in [2.45, 2.75) is 20.3 Å². The van der Waals surface area contributed by atoms with E-state index in [1.165, 1.54) is 6.07 Å². The molecule has 0 aromatic heterocycles. The molecule has 1 amide bonds. The Bertz CT molecular complexity index is 707. The first-order valence-corrected chi connectivity index (χ1v) is 7.29. The average Bonchev–Trinajstić information content (AvgIpc) is 2.51. The van der Waals surface area contributed by atoms with Crippen LogP contribution in [-0.4, -0.2) is 23.6 Å². The van der Waals surface area contributed by atoms with Gasteiger partial charge in [0.15, 0.2) is 0 Å². The molecule has 2 aromatic carbocycles. The maximum Gasteiger partial charge on any atom is 0.337 e. The summed E-state index contributed by atoms with van der Waals surface area (Å²) in [4.78, 5) is 23.1. The van der Waals surface area contributed by atoms with Crippen molar-refractivity contribution >= 4 is 17.6 Å². The van der Waals surface area contributed by atoms with Gasteiger partial charge in [0.2, 0.25) is 5.91 Å². The van der Waals surface area contributed by atoms with Gasteiger partial charge in [-0.2, -0.15) is 0 Å². The molecule has 0 spiro atoms. The second-order valence-electron chi connectivity index (χ2n) is 5.31. The van der Waals surface area contributed by atoms with Crippen LogP contribution in [0.15, 0.2) is 42.5 Å². The number of hydrogen-bond acceptors (Lipinski definition) is 3. The molecule has 0 saturated heterocycles. The Kier molecular flexibility index (Phi) is 5.36. The fourth-order valence-corrected chi connectivity index (χ4v) is 2.05. The van der Waals surface area contributed by atoms with Gasteiger partial charge in [-0.15, -0.1) is 0 Å². The Morgan fingerprint density at radius 1 is 1.04 bits per heavy atom. The van der Waals surface area contributed by atoms with Crippen LogP contribution in [0.25, 0.3) is 0 Å². The Balaban J connectivity index is 1.90. The minimum Gasteiger partial charge on any atom is -0.493 e. The zero-order valence-electron chi connectivity index (χ0n) is 13.1. The summed E-state index contributed by atoms with van der Waals surface area (Å²) in [6, 6.07) is 12.4.